The quantitative estimate of drug-likeness (QED) is 0.864. The van der Waals surface area contributed by atoms with Crippen LogP contribution in [0.5, 0.6) is 5.75 Å². The van der Waals surface area contributed by atoms with E-state index in [9.17, 15) is 5.11 Å². The van der Waals surface area contributed by atoms with Crippen LogP contribution in [0.15, 0.2) is 35.3 Å². The molecule has 2 aromatic heterocycles. The highest BCUT2D eigenvalue weighted by molar-refractivity contribution is 7.07. The zero-order chi connectivity index (χ0) is 10.7. The molecule has 0 aliphatic rings. The van der Waals surface area contributed by atoms with E-state index < -0.39 is 6.10 Å². The van der Waals surface area contributed by atoms with Crippen molar-refractivity contribution in [3.63, 3.8) is 0 Å². The Morgan fingerprint density at radius 3 is 2.93 bits per heavy atom. The van der Waals surface area contributed by atoms with E-state index in [4.69, 9.17) is 4.74 Å². The normalized spacial score (nSPS) is 12.4. The first-order valence-electron chi connectivity index (χ1n) is 4.50. The van der Waals surface area contributed by atoms with Crippen molar-refractivity contribution >= 4 is 11.3 Å². The largest absolute Gasteiger partial charge is 0.495 e. The summed E-state index contributed by atoms with van der Waals surface area (Å²) in [5.41, 5.74) is 1.63. The zero-order valence-corrected chi connectivity index (χ0v) is 9.07. The van der Waals surface area contributed by atoms with E-state index in [1.807, 2.05) is 16.8 Å². The third-order valence-electron chi connectivity index (χ3n) is 2.14. The van der Waals surface area contributed by atoms with Crippen LogP contribution in [-0.4, -0.2) is 17.2 Å². The van der Waals surface area contributed by atoms with Gasteiger partial charge in [0.2, 0.25) is 0 Å². The maximum Gasteiger partial charge on any atom is 0.137 e. The van der Waals surface area contributed by atoms with Gasteiger partial charge in [0.05, 0.1) is 13.3 Å². The third kappa shape index (κ3) is 2.16. The maximum absolute atomic E-state index is 10.0. The number of hydrogen-bond donors (Lipinski definition) is 1. The molecule has 0 aliphatic heterocycles. The lowest BCUT2D eigenvalue weighted by molar-refractivity contribution is 0.220. The molecule has 0 amide bonds. The van der Waals surface area contributed by atoms with E-state index in [-0.39, 0.29) is 0 Å². The van der Waals surface area contributed by atoms with Gasteiger partial charge in [0.15, 0.2) is 0 Å². The summed E-state index contributed by atoms with van der Waals surface area (Å²) in [6, 6.07) is 3.68. The number of rotatable bonds is 3. The minimum atomic E-state index is -0.626. The summed E-state index contributed by atoms with van der Waals surface area (Å²) in [6.45, 7) is 0. The number of aliphatic hydroxyl groups is 1. The van der Waals surface area contributed by atoms with Crippen LogP contribution in [-0.2, 0) is 0 Å². The van der Waals surface area contributed by atoms with Crippen LogP contribution in [0, 0.1) is 0 Å². The van der Waals surface area contributed by atoms with E-state index >= 15 is 0 Å². The molecule has 1 N–H and O–H groups in total. The predicted octanol–water partition coefficient (Wildman–Crippen LogP) is 2.23. The van der Waals surface area contributed by atoms with E-state index in [0.29, 0.717) is 5.75 Å². The molecule has 78 valence electrons. The number of thiophene rings is 1. The molecule has 1 unspecified atom stereocenters. The Kier molecular flexibility index (Phi) is 2.99. The molecule has 0 spiro atoms. The van der Waals surface area contributed by atoms with Gasteiger partial charge in [0.1, 0.15) is 11.9 Å². The molecule has 0 bridgehead atoms. The van der Waals surface area contributed by atoms with Gasteiger partial charge in [-0.2, -0.15) is 11.3 Å². The molecule has 0 saturated carbocycles. The summed E-state index contributed by atoms with van der Waals surface area (Å²) < 4.78 is 5.05. The van der Waals surface area contributed by atoms with Crippen LogP contribution >= 0.6 is 11.3 Å². The highest BCUT2D eigenvalue weighted by Crippen LogP contribution is 2.25. The molecule has 2 heterocycles. The number of nitrogens with zero attached hydrogens (tertiary/aromatic N) is 1. The van der Waals surface area contributed by atoms with Crippen molar-refractivity contribution in [3.8, 4) is 5.75 Å². The van der Waals surface area contributed by atoms with E-state index in [1.165, 1.54) is 0 Å². The SMILES string of the molecule is COc1cncc(C(O)c2ccsc2)c1. The van der Waals surface area contributed by atoms with Crippen LogP contribution in [0.3, 0.4) is 0 Å². The van der Waals surface area contributed by atoms with Gasteiger partial charge in [0, 0.05) is 11.8 Å². The van der Waals surface area contributed by atoms with Gasteiger partial charge in [-0.25, -0.2) is 0 Å². The second-order valence-corrected chi connectivity index (χ2v) is 3.90. The second-order valence-electron chi connectivity index (χ2n) is 3.12. The minimum absolute atomic E-state index is 0.626. The Bertz CT molecular complexity index is 428. The monoisotopic (exact) mass is 221 g/mol. The first-order valence-corrected chi connectivity index (χ1v) is 5.44. The molecule has 3 nitrogen and oxygen atoms in total. The van der Waals surface area contributed by atoms with Gasteiger partial charge in [-0.3, -0.25) is 4.98 Å². The summed E-state index contributed by atoms with van der Waals surface area (Å²) in [5, 5.41) is 13.9. The van der Waals surface area contributed by atoms with Gasteiger partial charge >= 0.3 is 0 Å². The number of aliphatic hydroxyl groups excluding tert-OH is 1. The van der Waals surface area contributed by atoms with Crippen molar-refractivity contribution < 1.29 is 9.84 Å². The average molecular weight is 221 g/mol. The molecule has 2 aromatic rings. The third-order valence-corrected chi connectivity index (χ3v) is 2.85. The van der Waals surface area contributed by atoms with Crippen LogP contribution in [0.25, 0.3) is 0 Å². The fraction of sp³-hybridized carbons (Fsp3) is 0.182. The van der Waals surface area contributed by atoms with Crippen molar-refractivity contribution in [1.29, 1.82) is 0 Å². The lowest BCUT2D eigenvalue weighted by Gasteiger charge is -2.09. The van der Waals surface area contributed by atoms with Crippen LogP contribution < -0.4 is 4.74 Å². The van der Waals surface area contributed by atoms with Gasteiger partial charge in [-0.15, -0.1) is 0 Å². The Morgan fingerprint density at radius 2 is 2.27 bits per heavy atom. The Labute approximate surface area is 92.0 Å². The molecule has 2 rings (SSSR count). The highest BCUT2D eigenvalue weighted by atomic mass is 32.1. The van der Waals surface area contributed by atoms with Gasteiger partial charge in [-0.05, 0) is 28.5 Å². The second kappa shape index (κ2) is 4.42. The van der Waals surface area contributed by atoms with Crippen LogP contribution in [0.4, 0.5) is 0 Å². The summed E-state index contributed by atoms with van der Waals surface area (Å²) in [7, 11) is 1.58. The molecule has 4 heteroatoms. The summed E-state index contributed by atoms with van der Waals surface area (Å²) >= 11 is 1.56. The first-order chi connectivity index (χ1) is 7.31. The molecule has 0 aromatic carbocycles. The molecule has 0 fully saturated rings. The molecular formula is C11H11NO2S. The highest BCUT2D eigenvalue weighted by Gasteiger charge is 2.11. The van der Waals surface area contributed by atoms with Gasteiger partial charge in [-0.1, -0.05) is 0 Å². The van der Waals surface area contributed by atoms with Crippen molar-refractivity contribution in [1.82, 2.24) is 4.98 Å². The Morgan fingerprint density at radius 1 is 1.40 bits per heavy atom. The fourth-order valence-corrected chi connectivity index (χ4v) is 2.00. The Hall–Kier alpha value is -1.39. The minimum Gasteiger partial charge on any atom is -0.495 e. The van der Waals surface area contributed by atoms with E-state index in [0.717, 1.165) is 11.1 Å². The molecule has 0 saturated heterocycles. The zero-order valence-electron chi connectivity index (χ0n) is 8.25. The Balaban J connectivity index is 2.29. The van der Waals surface area contributed by atoms with Crippen LogP contribution in [0.2, 0.25) is 0 Å². The van der Waals surface area contributed by atoms with Crippen LogP contribution in [0.1, 0.15) is 17.2 Å². The topological polar surface area (TPSA) is 42.4 Å². The molecule has 0 aliphatic carbocycles. The van der Waals surface area contributed by atoms with E-state index in [2.05, 4.69) is 4.98 Å². The van der Waals surface area contributed by atoms with Crippen molar-refractivity contribution in [2.24, 2.45) is 0 Å². The predicted molar refractivity (Wildman–Crippen MR) is 59.2 cm³/mol. The number of aromatic nitrogens is 1. The number of ether oxygens (including phenoxy) is 1. The summed E-state index contributed by atoms with van der Waals surface area (Å²) in [4.78, 5) is 4.00. The lowest BCUT2D eigenvalue weighted by Crippen LogP contribution is -1.99. The van der Waals surface area contributed by atoms with E-state index in [1.54, 1.807) is 36.9 Å². The molecule has 1 atom stereocenters. The average Bonchev–Trinajstić information content (AvgIpc) is 2.81. The maximum atomic E-state index is 10.0. The van der Waals surface area contributed by atoms with Gasteiger partial charge < -0.3 is 9.84 Å². The smallest absolute Gasteiger partial charge is 0.137 e. The molecule has 15 heavy (non-hydrogen) atoms. The first kappa shape index (κ1) is 10.1. The molecular weight excluding hydrogens is 210 g/mol. The number of methoxy groups -OCH3 is 1. The van der Waals surface area contributed by atoms with Crippen molar-refractivity contribution in [2.45, 2.75) is 6.10 Å². The lowest BCUT2D eigenvalue weighted by atomic mass is 10.1. The van der Waals surface area contributed by atoms with Gasteiger partial charge in [0.25, 0.3) is 0 Å². The fourth-order valence-electron chi connectivity index (χ4n) is 1.32. The summed E-state index contributed by atoms with van der Waals surface area (Å²) in [6.07, 6.45) is 2.63. The molecule has 0 radical (unpaired) electrons. The van der Waals surface area contributed by atoms with Crippen molar-refractivity contribution in [3.05, 3.63) is 46.4 Å². The van der Waals surface area contributed by atoms with Crippen molar-refractivity contribution in [2.75, 3.05) is 7.11 Å². The standard InChI is InChI=1S/C11H11NO2S/c1-14-10-4-9(5-12-6-10)11(13)8-2-3-15-7-8/h2-7,11,13H,1H3. The number of hydrogen-bond acceptors (Lipinski definition) is 4. The summed E-state index contributed by atoms with van der Waals surface area (Å²) in [5.74, 6) is 0.654. The number of pyridine rings is 1.